The monoisotopic (exact) mass is 803 g/mol. The van der Waals surface area contributed by atoms with Crippen molar-refractivity contribution < 1.29 is 47.7 Å². The third-order valence-electron chi connectivity index (χ3n) is 9.24. The Labute approximate surface area is 341 Å². The van der Waals surface area contributed by atoms with Crippen molar-refractivity contribution in [1.82, 2.24) is 20.9 Å². The maximum atomic E-state index is 13.7. The third-order valence-corrected chi connectivity index (χ3v) is 9.24. The van der Waals surface area contributed by atoms with Crippen LogP contribution in [0, 0.1) is 30.1 Å². The zero-order valence-electron chi connectivity index (χ0n) is 35.2. The predicted octanol–water partition coefficient (Wildman–Crippen LogP) is 4.59. The first-order chi connectivity index (χ1) is 27.3. The van der Waals surface area contributed by atoms with E-state index in [2.05, 4.69) is 42.3 Å². The first-order valence-corrected chi connectivity index (χ1v) is 20.5. The topological polar surface area (TPSA) is 171 Å². The number of cyclic esters (lactones) is 1. The van der Waals surface area contributed by atoms with Crippen molar-refractivity contribution in [3.8, 4) is 12.3 Å². The molecule has 0 saturated heterocycles. The fourth-order valence-electron chi connectivity index (χ4n) is 5.93. The zero-order chi connectivity index (χ0) is 42.3. The maximum Gasteiger partial charge on any atom is 0.355 e. The van der Waals surface area contributed by atoms with Crippen molar-refractivity contribution in [3.63, 3.8) is 0 Å². The van der Waals surface area contributed by atoms with Gasteiger partial charge in [0, 0.05) is 31.4 Å². The van der Waals surface area contributed by atoms with Gasteiger partial charge in [0.25, 0.3) is 0 Å². The molecule has 57 heavy (non-hydrogen) atoms. The van der Waals surface area contributed by atoms with Crippen LogP contribution in [0.3, 0.4) is 0 Å². The Morgan fingerprint density at radius 3 is 2.00 bits per heavy atom. The Bertz CT molecular complexity index is 1330. The molecule has 0 fully saturated rings. The molecule has 3 atom stereocenters. The number of allylic oxidation sites excluding steroid dienone is 1. The average Bonchev–Trinajstić information content (AvgIpc) is 3.16. The highest BCUT2D eigenvalue weighted by Gasteiger charge is 2.34. The highest BCUT2D eigenvalue weighted by Crippen LogP contribution is 2.25. The number of ether oxygens (including phenoxy) is 5. The van der Waals surface area contributed by atoms with Crippen LogP contribution in [0.4, 0.5) is 0 Å². The summed E-state index contributed by atoms with van der Waals surface area (Å²) in [5.74, 6) is -1.31. The van der Waals surface area contributed by atoms with Crippen LogP contribution in [0.25, 0.3) is 0 Å². The largest absolute Gasteiger partial charge is 0.457 e. The van der Waals surface area contributed by atoms with Gasteiger partial charge in [-0.3, -0.25) is 19.2 Å². The molecule has 0 spiro atoms. The molecule has 2 unspecified atom stereocenters. The van der Waals surface area contributed by atoms with Gasteiger partial charge < -0.3 is 44.5 Å². The van der Waals surface area contributed by atoms with Gasteiger partial charge in [0.2, 0.25) is 23.6 Å². The molecule has 0 aliphatic carbocycles. The Kier molecular flexibility index (Phi) is 28.6. The average molecular weight is 803 g/mol. The molecule has 3 N–H and O–H groups in total. The van der Waals surface area contributed by atoms with Crippen molar-refractivity contribution in [2.75, 3.05) is 73.0 Å². The first kappa shape index (κ1) is 51.0. The quantitative estimate of drug-likeness (QED) is 0.0462. The van der Waals surface area contributed by atoms with Gasteiger partial charge in [-0.1, -0.05) is 104 Å². The Balaban J connectivity index is 2.84. The van der Waals surface area contributed by atoms with Crippen molar-refractivity contribution in [2.24, 2.45) is 17.8 Å². The molecule has 1 heterocycles. The molecule has 1 aliphatic heterocycles. The molecule has 0 saturated carbocycles. The molecule has 14 nitrogen and oxygen atoms in total. The summed E-state index contributed by atoms with van der Waals surface area (Å²) in [6, 6.07) is 0. The number of carbonyl (C=O) groups is 5. The number of amides is 4. The molecule has 4 amide bonds. The second-order valence-corrected chi connectivity index (χ2v) is 14.8. The fourth-order valence-corrected chi connectivity index (χ4v) is 5.93. The summed E-state index contributed by atoms with van der Waals surface area (Å²) < 4.78 is 27.4. The van der Waals surface area contributed by atoms with E-state index in [4.69, 9.17) is 30.1 Å². The number of nitrogens with one attached hydrogen (secondary N) is 3. The number of carbonyl (C=O) groups excluding carboxylic acids is 5. The number of hydrogen-bond acceptors (Lipinski definition) is 10. The Hall–Kier alpha value is -4.03. The summed E-state index contributed by atoms with van der Waals surface area (Å²) in [4.78, 5) is 66.7. The number of esters is 1. The van der Waals surface area contributed by atoms with E-state index in [-0.39, 0.29) is 38.0 Å². The van der Waals surface area contributed by atoms with E-state index in [0.29, 0.717) is 39.5 Å². The summed E-state index contributed by atoms with van der Waals surface area (Å²) >= 11 is 0. The molecule has 0 aromatic rings. The third kappa shape index (κ3) is 25.8. The SMILES string of the molecule is C#CCOCCOCCOCCOCCNC(=O)C=C1NC(=O)CN(C)C(=O)C=CC(=C)NC(=O)C(C)[C@H](C(C)CCCCCCCCCCCC(C)C)OC1=O. The minimum atomic E-state index is -0.985. The number of nitrogens with zero attached hydrogens (tertiary/aromatic N) is 1. The van der Waals surface area contributed by atoms with Crippen molar-refractivity contribution in [2.45, 2.75) is 104 Å². The molecule has 0 aromatic carbocycles. The lowest BCUT2D eigenvalue weighted by Crippen LogP contribution is -2.43. The van der Waals surface area contributed by atoms with Crippen molar-refractivity contribution in [1.29, 1.82) is 0 Å². The van der Waals surface area contributed by atoms with Gasteiger partial charge in [0.1, 0.15) is 18.4 Å². The van der Waals surface area contributed by atoms with Gasteiger partial charge in [0.05, 0.1) is 58.7 Å². The van der Waals surface area contributed by atoms with Gasteiger partial charge in [-0.2, -0.15) is 0 Å². The normalized spacial score (nSPS) is 18.4. The standard InChI is InChI=1S/C43H70N4O10/c1-8-23-53-25-27-55-29-30-56-28-26-54-24-22-44-38(48)31-37-43(52)57-41(34(4)19-17-15-13-11-9-10-12-14-16-18-33(2)3)36(6)42(51)45-35(5)20-21-40(50)47(7)32-39(49)46-37/h1,20-21,31,33-34,36,41H,5,9-19,22-30,32H2,2-4,6-7H3,(H,44,48)(H,45,51)(H,46,49)/t34?,36?,41-/m0/s1. The Morgan fingerprint density at radius 1 is 0.877 bits per heavy atom. The van der Waals surface area contributed by atoms with Crippen LogP contribution < -0.4 is 16.0 Å². The lowest BCUT2D eigenvalue weighted by molar-refractivity contribution is -0.154. The fraction of sp³-hybridized carbons (Fsp3) is 0.698. The summed E-state index contributed by atoms with van der Waals surface area (Å²) in [6.45, 7) is 14.2. The minimum Gasteiger partial charge on any atom is -0.457 e. The number of rotatable bonds is 27. The highest BCUT2D eigenvalue weighted by atomic mass is 16.6. The van der Waals surface area contributed by atoms with Gasteiger partial charge in [-0.25, -0.2) is 4.79 Å². The molecular weight excluding hydrogens is 732 g/mol. The number of likely N-dealkylation sites (N-methyl/N-ethyl adjacent to an activating group) is 1. The van der Waals surface area contributed by atoms with E-state index in [1.807, 2.05) is 6.92 Å². The van der Waals surface area contributed by atoms with Crippen molar-refractivity contribution >= 4 is 29.6 Å². The Morgan fingerprint density at radius 2 is 1.42 bits per heavy atom. The van der Waals surface area contributed by atoms with E-state index in [0.717, 1.165) is 36.2 Å². The summed E-state index contributed by atoms with van der Waals surface area (Å²) in [5.41, 5.74) is -0.259. The van der Waals surface area contributed by atoms with Crippen molar-refractivity contribution in [3.05, 3.63) is 36.2 Å². The minimum absolute atomic E-state index is 0.106. The van der Waals surface area contributed by atoms with E-state index in [9.17, 15) is 24.0 Å². The van der Waals surface area contributed by atoms with E-state index in [1.165, 1.54) is 64.1 Å². The van der Waals surface area contributed by atoms with Crippen LogP contribution in [0.15, 0.2) is 36.2 Å². The van der Waals surface area contributed by atoms with E-state index >= 15 is 0 Å². The number of hydrogen-bond donors (Lipinski definition) is 3. The predicted molar refractivity (Wildman–Crippen MR) is 219 cm³/mol. The zero-order valence-corrected chi connectivity index (χ0v) is 35.2. The van der Waals surface area contributed by atoms with Gasteiger partial charge >= 0.3 is 5.97 Å². The van der Waals surface area contributed by atoms with Gasteiger partial charge in [-0.05, 0) is 24.3 Å². The smallest absolute Gasteiger partial charge is 0.355 e. The van der Waals surface area contributed by atoms with Crippen LogP contribution in [0.1, 0.15) is 98.3 Å². The van der Waals surface area contributed by atoms with Crippen LogP contribution >= 0.6 is 0 Å². The molecule has 0 aromatic heterocycles. The molecule has 1 aliphatic rings. The van der Waals surface area contributed by atoms with E-state index in [1.54, 1.807) is 6.92 Å². The van der Waals surface area contributed by atoms with E-state index < -0.39 is 53.9 Å². The molecule has 322 valence electrons. The second kappa shape index (κ2) is 32.0. The molecule has 14 heteroatoms. The highest BCUT2D eigenvalue weighted by molar-refractivity contribution is 6.02. The summed E-state index contributed by atoms with van der Waals surface area (Å²) in [7, 11) is 1.40. The second-order valence-electron chi connectivity index (χ2n) is 14.8. The first-order valence-electron chi connectivity index (χ1n) is 20.5. The lowest BCUT2D eigenvalue weighted by atomic mass is 9.88. The van der Waals surface area contributed by atoms with Gasteiger partial charge in [-0.15, -0.1) is 6.42 Å². The number of unbranched alkanes of at least 4 members (excludes halogenated alkanes) is 8. The van der Waals surface area contributed by atoms with Crippen LogP contribution in [-0.2, 0) is 47.7 Å². The maximum absolute atomic E-state index is 13.7. The van der Waals surface area contributed by atoms with Crippen LogP contribution in [0.2, 0.25) is 0 Å². The molecule has 1 rings (SSSR count). The summed E-state index contributed by atoms with van der Waals surface area (Å²) in [5, 5.41) is 7.74. The van der Waals surface area contributed by atoms with Crippen LogP contribution in [0.5, 0.6) is 0 Å². The lowest BCUT2D eigenvalue weighted by Gasteiger charge is -2.29. The molecule has 0 radical (unpaired) electrons. The summed E-state index contributed by atoms with van der Waals surface area (Å²) in [6.07, 6.45) is 20.2. The van der Waals surface area contributed by atoms with Crippen LogP contribution in [-0.4, -0.2) is 114 Å². The number of terminal acetylenes is 1. The van der Waals surface area contributed by atoms with Gasteiger partial charge in [0.15, 0.2) is 0 Å². The molecule has 0 bridgehead atoms. The molecular formula is C43H70N4O10.